The topological polar surface area (TPSA) is 12.0 Å². The van der Waals surface area contributed by atoms with Crippen molar-refractivity contribution in [3.05, 3.63) is 6.42 Å². The van der Waals surface area contributed by atoms with Gasteiger partial charge in [0.15, 0.2) is 0 Å². The van der Waals surface area contributed by atoms with Crippen molar-refractivity contribution in [3.63, 3.8) is 0 Å². The molecule has 0 bridgehead atoms. The van der Waals surface area contributed by atoms with Crippen molar-refractivity contribution in [2.24, 2.45) is 0 Å². The number of rotatable bonds is 3. The summed E-state index contributed by atoms with van der Waals surface area (Å²) < 4.78 is 0. The van der Waals surface area contributed by atoms with Gasteiger partial charge >= 0.3 is 32.7 Å². The molecule has 1 nitrogen and oxygen atoms in total. The summed E-state index contributed by atoms with van der Waals surface area (Å²) in [5, 5.41) is 3.04. The van der Waals surface area contributed by atoms with Gasteiger partial charge in [0.2, 0.25) is 0 Å². The molecule has 0 saturated carbocycles. The Hall–Kier alpha value is 1.06. The molecule has 0 saturated heterocycles. The predicted molar refractivity (Wildman–Crippen MR) is 28.5 cm³/mol. The molecule has 0 aromatic carbocycles. The fourth-order valence-corrected chi connectivity index (χ4v) is 0.289. The Morgan fingerprint density at radius 3 is 2.29 bits per heavy atom. The summed E-state index contributed by atoms with van der Waals surface area (Å²) >= 11 is 0. The van der Waals surface area contributed by atoms with Gasteiger partial charge in [0.05, 0.1) is 0 Å². The minimum absolute atomic E-state index is 0. The van der Waals surface area contributed by atoms with Crippen LogP contribution in [-0.2, 0) is 32.7 Å². The number of hydrogen-bond donors (Lipinski definition) is 1. The van der Waals surface area contributed by atoms with Crippen molar-refractivity contribution in [1.82, 2.24) is 5.32 Å². The fraction of sp³-hybridized carbons (Fsp3) is 0.800. The standard InChI is InChI=1S/C5H12N.Y/c1-3-4-5-6-2;/h3,6H,4-5H2,1-2H3;/q-1;+3. The molecule has 0 rings (SSSR count). The first-order chi connectivity index (χ1) is 2.91. The van der Waals surface area contributed by atoms with Gasteiger partial charge in [-0.25, -0.2) is 0 Å². The quantitative estimate of drug-likeness (QED) is 0.494. The van der Waals surface area contributed by atoms with E-state index in [-0.39, 0.29) is 32.7 Å². The molecule has 0 aliphatic carbocycles. The van der Waals surface area contributed by atoms with Crippen LogP contribution in [0, 0.1) is 6.42 Å². The van der Waals surface area contributed by atoms with Crippen LogP contribution in [0.4, 0.5) is 0 Å². The van der Waals surface area contributed by atoms with Gasteiger partial charge in [-0.1, -0.05) is 0 Å². The van der Waals surface area contributed by atoms with Crippen molar-refractivity contribution in [2.75, 3.05) is 13.6 Å². The molecular formula is C5H12NY+2. The van der Waals surface area contributed by atoms with Crippen LogP contribution in [0.1, 0.15) is 13.3 Å². The van der Waals surface area contributed by atoms with E-state index in [1.54, 1.807) is 0 Å². The number of unbranched alkanes of at least 4 members (excludes halogenated alkanes) is 1. The minimum Gasteiger partial charge on any atom is -0.330 e. The summed E-state index contributed by atoms with van der Waals surface area (Å²) in [6, 6.07) is 0. The number of nitrogens with one attached hydrogen (secondary N) is 1. The van der Waals surface area contributed by atoms with Gasteiger partial charge in [-0.15, -0.1) is 0 Å². The third-order valence-electron chi connectivity index (χ3n) is 0.683. The molecule has 0 atom stereocenters. The normalized spacial score (nSPS) is 7.71. The molecular weight excluding hydrogens is 163 g/mol. The SMILES string of the molecule is C[CH-]CCNC.[Y+3]. The smallest absolute Gasteiger partial charge is 0.330 e. The molecule has 0 aromatic heterocycles. The van der Waals surface area contributed by atoms with Crippen LogP contribution in [0.25, 0.3) is 0 Å². The molecule has 0 heterocycles. The van der Waals surface area contributed by atoms with Gasteiger partial charge in [0.25, 0.3) is 0 Å². The molecule has 0 aliphatic heterocycles. The molecule has 0 spiro atoms. The van der Waals surface area contributed by atoms with E-state index < -0.39 is 0 Å². The molecule has 0 fully saturated rings. The first kappa shape index (κ1) is 10.9. The van der Waals surface area contributed by atoms with Crippen molar-refractivity contribution < 1.29 is 32.7 Å². The molecule has 0 unspecified atom stereocenters. The summed E-state index contributed by atoms with van der Waals surface area (Å²) in [5.41, 5.74) is 0. The van der Waals surface area contributed by atoms with Gasteiger partial charge in [-0.3, -0.25) is 0 Å². The molecule has 0 aromatic rings. The first-order valence-electron chi connectivity index (χ1n) is 2.34. The van der Waals surface area contributed by atoms with Crippen molar-refractivity contribution >= 4 is 0 Å². The van der Waals surface area contributed by atoms with E-state index in [2.05, 4.69) is 18.7 Å². The van der Waals surface area contributed by atoms with Crippen LogP contribution in [-0.4, -0.2) is 13.6 Å². The van der Waals surface area contributed by atoms with Crippen molar-refractivity contribution in [1.29, 1.82) is 0 Å². The maximum Gasteiger partial charge on any atom is 3.00 e. The summed E-state index contributed by atoms with van der Waals surface area (Å²) in [5.74, 6) is 0. The Morgan fingerprint density at radius 2 is 2.14 bits per heavy atom. The molecule has 0 amide bonds. The van der Waals surface area contributed by atoms with E-state index in [1.165, 1.54) is 6.42 Å². The zero-order valence-corrected chi connectivity index (χ0v) is 7.91. The Bertz CT molecular complexity index is 20.0. The first-order valence-corrected chi connectivity index (χ1v) is 2.34. The molecule has 2 heteroatoms. The Kier molecular flexibility index (Phi) is 15.8. The second-order valence-electron chi connectivity index (χ2n) is 1.30. The Balaban J connectivity index is 0. The van der Waals surface area contributed by atoms with E-state index in [4.69, 9.17) is 0 Å². The van der Waals surface area contributed by atoms with E-state index in [0.29, 0.717) is 0 Å². The average molecular weight is 175 g/mol. The van der Waals surface area contributed by atoms with Crippen LogP contribution < -0.4 is 5.32 Å². The zero-order chi connectivity index (χ0) is 4.83. The minimum atomic E-state index is 0. The van der Waals surface area contributed by atoms with Crippen molar-refractivity contribution in [2.45, 2.75) is 13.3 Å². The van der Waals surface area contributed by atoms with Gasteiger partial charge in [-0.05, 0) is 13.6 Å². The molecule has 7 heavy (non-hydrogen) atoms. The molecule has 1 N–H and O–H groups in total. The second kappa shape index (κ2) is 10.1. The van der Waals surface area contributed by atoms with E-state index in [1.807, 2.05) is 7.05 Å². The Morgan fingerprint density at radius 1 is 1.57 bits per heavy atom. The van der Waals surface area contributed by atoms with Crippen molar-refractivity contribution in [3.8, 4) is 0 Å². The molecule has 0 aliphatic rings. The van der Waals surface area contributed by atoms with Crippen LogP contribution in [0.3, 0.4) is 0 Å². The summed E-state index contributed by atoms with van der Waals surface area (Å²) in [6.45, 7) is 3.17. The predicted octanol–water partition coefficient (Wildman–Crippen LogP) is 0.818. The third-order valence-corrected chi connectivity index (χ3v) is 0.683. The van der Waals surface area contributed by atoms with Gasteiger partial charge in [0, 0.05) is 0 Å². The second-order valence-corrected chi connectivity index (χ2v) is 1.30. The largest absolute Gasteiger partial charge is 3.00 e. The summed E-state index contributed by atoms with van der Waals surface area (Å²) in [4.78, 5) is 0. The average Bonchev–Trinajstić information content (AvgIpc) is 1.61. The summed E-state index contributed by atoms with van der Waals surface area (Å²) in [7, 11) is 1.96. The van der Waals surface area contributed by atoms with Crippen LogP contribution in [0.2, 0.25) is 0 Å². The van der Waals surface area contributed by atoms with Gasteiger partial charge in [-0.2, -0.15) is 13.3 Å². The van der Waals surface area contributed by atoms with Crippen LogP contribution >= 0.6 is 0 Å². The fourth-order valence-electron chi connectivity index (χ4n) is 0.289. The third kappa shape index (κ3) is 11.0. The maximum absolute atomic E-state index is 3.04. The van der Waals surface area contributed by atoms with E-state index >= 15 is 0 Å². The monoisotopic (exact) mass is 175 g/mol. The zero-order valence-electron chi connectivity index (χ0n) is 5.07. The number of hydrogen-bond acceptors (Lipinski definition) is 1. The van der Waals surface area contributed by atoms with Gasteiger partial charge in [0.1, 0.15) is 0 Å². The van der Waals surface area contributed by atoms with E-state index in [9.17, 15) is 0 Å². The molecule has 0 radical (unpaired) electrons. The van der Waals surface area contributed by atoms with Crippen LogP contribution in [0.15, 0.2) is 0 Å². The summed E-state index contributed by atoms with van der Waals surface area (Å²) in [6.07, 6.45) is 3.33. The van der Waals surface area contributed by atoms with Crippen LogP contribution in [0.5, 0.6) is 0 Å². The molecule has 38 valence electrons. The maximum atomic E-state index is 3.04. The van der Waals surface area contributed by atoms with E-state index in [0.717, 1.165) is 6.54 Å². The van der Waals surface area contributed by atoms with Gasteiger partial charge < -0.3 is 11.7 Å². The Labute approximate surface area is 71.1 Å².